The number of halogens is 3. The van der Waals surface area contributed by atoms with Crippen LogP contribution in [-0.4, -0.2) is 5.97 Å². The minimum atomic E-state index is -4.46. The minimum absolute atomic E-state index is 0.170. The van der Waals surface area contributed by atoms with E-state index < -0.39 is 23.3 Å². The molecule has 3 aromatic rings. The van der Waals surface area contributed by atoms with E-state index in [2.05, 4.69) is 0 Å². The maximum Gasteiger partial charge on any atom is 0.416 e. The molecule has 4 nitrogen and oxygen atoms in total. The van der Waals surface area contributed by atoms with Crippen molar-refractivity contribution in [1.29, 1.82) is 0 Å². The Labute approximate surface area is 157 Å². The molecule has 0 unspecified atom stereocenters. The molecule has 0 fully saturated rings. The number of esters is 1. The number of rotatable bonds is 4. The van der Waals surface area contributed by atoms with Gasteiger partial charge in [-0.2, -0.15) is 13.2 Å². The number of aryl methyl sites for hydroxylation is 1. The van der Waals surface area contributed by atoms with Crippen molar-refractivity contribution in [2.24, 2.45) is 0 Å². The number of benzene rings is 2. The third kappa shape index (κ3) is 4.68. The van der Waals surface area contributed by atoms with Gasteiger partial charge in [0.05, 0.1) is 5.56 Å². The summed E-state index contributed by atoms with van der Waals surface area (Å²) < 4.78 is 48.4. The molecule has 0 radical (unpaired) electrons. The second-order valence-corrected chi connectivity index (χ2v) is 6.15. The number of carbonyl (C=O) groups is 1. The van der Waals surface area contributed by atoms with Crippen molar-refractivity contribution >= 4 is 23.0 Å². The van der Waals surface area contributed by atoms with E-state index in [0.29, 0.717) is 16.5 Å². The molecule has 0 amide bonds. The van der Waals surface area contributed by atoms with Crippen LogP contribution in [0.4, 0.5) is 13.2 Å². The summed E-state index contributed by atoms with van der Waals surface area (Å²) >= 11 is 0. The third-order valence-electron chi connectivity index (χ3n) is 3.98. The molecule has 0 saturated heterocycles. The van der Waals surface area contributed by atoms with E-state index in [-0.39, 0.29) is 12.2 Å². The van der Waals surface area contributed by atoms with Gasteiger partial charge in [0, 0.05) is 23.1 Å². The average Bonchev–Trinajstić information content (AvgIpc) is 2.63. The van der Waals surface area contributed by atoms with Crippen LogP contribution in [0.25, 0.3) is 17.0 Å². The van der Waals surface area contributed by atoms with Gasteiger partial charge >= 0.3 is 17.8 Å². The summed E-state index contributed by atoms with van der Waals surface area (Å²) in [6, 6.07) is 11.1. The second kappa shape index (κ2) is 7.72. The van der Waals surface area contributed by atoms with Gasteiger partial charge in [-0.05, 0) is 42.3 Å². The van der Waals surface area contributed by atoms with Gasteiger partial charge in [0.25, 0.3) is 0 Å². The van der Waals surface area contributed by atoms with Gasteiger partial charge in [0.1, 0.15) is 12.2 Å². The van der Waals surface area contributed by atoms with Crippen LogP contribution < -0.4 is 5.63 Å². The zero-order chi connectivity index (χ0) is 20.3. The first-order valence-corrected chi connectivity index (χ1v) is 8.28. The van der Waals surface area contributed by atoms with E-state index in [1.54, 1.807) is 12.1 Å². The monoisotopic (exact) mass is 388 g/mol. The van der Waals surface area contributed by atoms with Crippen LogP contribution in [0.1, 0.15) is 22.3 Å². The fourth-order valence-corrected chi connectivity index (χ4v) is 2.64. The Morgan fingerprint density at radius 1 is 1.14 bits per heavy atom. The summed E-state index contributed by atoms with van der Waals surface area (Å²) in [4.78, 5) is 23.6. The molecule has 0 spiro atoms. The lowest BCUT2D eigenvalue weighted by Gasteiger charge is -2.07. The summed E-state index contributed by atoms with van der Waals surface area (Å²) in [5.41, 5.74) is 0.622. The summed E-state index contributed by atoms with van der Waals surface area (Å²) in [5.74, 6) is -0.745. The van der Waals surface area contributed by atoms with Crippen molar-refractivity contribution in [3.8, 4) is 0 Å². The highest BCUT2D eigenvalue weighted by atomic mass is 19.4. The quantitative estimate of drug-likeness (QED) is 0.363. The van der Waals surface area contributed by atoms with E-state index in [1.165, 1.54) is 24.3 Å². The van der Waals surface area contributed by atoms with E-state index in [9.17, 15) is 22.8 Å². The number of alkyl halides is 3. The fraction of sp³-hybridized carbons (Fsp3) is 0.143. The average molecular weight is 388 g/mol. The number of hydrogen-bond acceptors (Lipinski definition) is 4. The molecule has 0 aliphatic heterocycles. The molecule has 3 rings (SSSR count). The van der Waals surface area contributed by atoms with Gasteiger partial charge in [-0.25, -0.2) is 9.59 Å². The van der Waals surface area contributed by atoms with Crippen LogP contribution in [0.5, 0.6) is 0 Å². The van der Waals surface area contributed by atoms with Crippen LogP contribution in [0.3, 0.4) is 0 Å². The number of hydrogen-bond donors (Lipinski definition) is 0. The topological polar surface area (TPSA) is 56.5 Å². The highest BCUT2D eigenvalue weighted by molar-refractivity contribution is 5.87. The molecule has 0 saturated carbocycles. The van der Waals surface area contributed by atoms with Crippen molar-refractivity contribution in [3.63, 3.8) is 0 Å². The minimum Gasteiger partial charge on any atom is -0.458 e. The van der Waals surface area contributed by atoms with Crippen LogP contribution in [-0.2, 0) is 22.3 Å². The molecule has 0 aliphatic carbocycles. The molecule has 0 aliphatic rings. The van der Waals surface area contributed by atoms with E-state index in [0.717, 1.165) is 23.8 Å². The molecule has 7 heteroatoms. The maximum absolute atomic E-state index is 12.7. The second-order valence-electron chi connectivity index (χ2n) is 6.15. The number of ether oxygens (including phenoxy) is 1. The van der Waals surface area contributed by atoms with E-state index in [1.807, 2.05) is 13.0 Å². The van der Waals surface area contributed by atoms with Crippen molar-refractivity contribution in [2.45, 2.75) is 19.7 Å². The smallest absolute Gasteiger partial charge is 0.416 e. The van der Waals surface area contributed by atoms with Crippen LogP contribution in [0, 0.1) is 6.92 Å². The van der Waals surface area contributed by atoms with Gasteiger partial charge in [-0.1, -0.05) is 24.3 Å². The van der Waals surface area contributed by atoms with E-state index in [4.69, 9.17) is 9.15 Å². The zero-order valence-corrected chi connectivity index (χ0v) is 14.7. The normalized spacial score (nSPS) is 11.9. The zero-order valence-electron chi connectivity index (χ0n) is 14.7. The highest BCUT2D eigenvalue weighted by Gasteiger charge is 2.30. The molecule has 0 bridgehead atoms. The lowest BCUT2D eigenvalue weighted by molar-refractivity contribution is -0.139. The standard InChI is InChI=1S/C21H15F3O4/c1-13-5-7-17-15(11-20(26)28-18(17)9-13)12-27-19(25)8-6-14-3-2-4-16(10-14)21(22,23)24/h2-11H,12H2,1H3. The Bertz CT molecular complexity index is 1110. The van der Waals surface area contributed by atoms with Gasteiger partial charge in [-0.15, -0.1) is 0 Å². The van der Waals surface area contributed by atoms with Crippen molar-refractivity contribution < 1.29 is 27.1 Å². The predicted octanol–water partition coefficient (Wildman–Crippen LogP) is 4.88. The first-order chi connectivity index (χ1) is 13.2. The molecule has 0 atom stereocenters. The molecule has 0 N–H and O–H groups in total. The van der Waals surface area contributed by atoms with Crippen molar-refractivity contribution in [3.05, 3.63) is 87.3 Å². The summed E-state index contributed by atoms with van der Waals surface area (Å²) in [7, 11) is 0. The summed E-state index contributed by atoms with van der Waals surface area (Å²) in [6.07, 6.45) is -2.19. The lowest BCUT2D eigenvalue weighted by atomic mass is 10.1. The largest absolute Gasteiger partial charge is 0.458 e. The first-order valence-electron chi connectivity index (χ1n) is 8.28. The summed E-state index contributed by atoms with van der Waals surface area (Å²) in [5, 5.41) is 0.639. The molecule has 1 heterocycles. The molecule has 28 heavy (non-hydrogen) atoms. The van der Waals surface area contributed by atoms with E-state index >= 15 is 0 Å². The van der Waals surface area contributed by atoms with Crippen LogP contribution >= 0.6 is 0 Å². The first kappa shape index (κ1) is 19.4. The predicted molar refractivity (Wildman–Crippen MR) is 97.5 cm³/mol. The Kier molecular flexibility index (Phi) is 5.35. The highest BCUT2D eigenvalue weighted by Crippen LogP contribution is 2.29. The Hall–Kier alpha value is -3.35. The van der Waals surface area contributed by atoms with Gasteiger partial charge < -0.3 is 9.15 Å². The molecular weight excluding hydrogens is 373 g/mol. The molecule has 144 valence electrons. The van der Waals surface area contributed by atoms with Gasteiger partial charge in [0.15, 0.2) is 0 Å². The third-order valence-corrected chi connectivity index (χ3v) is 3.98. The SMILES string of the molecule is Cc1ccc2c(COC(=O)C=Cc3cccc(C(F)(F)F)c3)cc(=O)oc2c1. The molecular formula is C21H15F3O4. The number of carbonyl (C=O) groups excluding carboxylic acids is 1. The van der Waals surface area contributed by atoms with Crippen molar-refractivity contribution in [2.75, 3.05) is 0 Å². The Morgan fingerprint density at radius 3 is 2.68 bits per heavy atom. The lowest BCUT2D eigenvalue weighted by Crippen LogP contribution is -2.06. The Balaban J connectivity index is 1.72. The van der Waals surface area contributed by atoms with Crippen molar-refractivity contribution in [1.82, 2.24) is 0 Å². The Morgan fingerprint density at radius 2 is 1.93 bits per heavy atom. The maximum atomic E-state index is 12.7. The summed E-state index contributed by atoms with van der Waals surface area (Å²) in [6.45, 7) is 1.68. The fourth-order valence-electron chi connectivity index (χ4n) is 2.64. The molecule has 2 aromatic carbocycles. The van der Waals surface area contributed by atoms with Crippen LogP contribution in [0.2, 0.25) is 0 Å². The van der Waals surface area contributed by atoms with Gasteiger partial charge in [0.2, 0.25) is 0 Å². The number of fused-ring (bicyclic) bond motifs is 1. The van der Waals surface area contributed by atoms with Gasteiger partial charge in [-0.3, -0.25) is 0 Å². The van der Waals surface area contributed by atoms with Crippen LogP contribution in [0.15, 0.2) is 63.8 Å². The molecule has 1 aromatic heterocycles.